The molecule has 0 aliphatic carbocycles. The predicted octanol–water partition coefficient (Wildman–Crippen LogP) is 12.0. The van der Waals surface area contributed by atoms with Gasteiger partial charge < -0.3 is 20.5 Å². The van der Waals surface area contributed by atoms with Crippen LogP contribution in [0.1, 0.15) is 151 Å². The van der Waals surface area contributed by atoms with Crippen molar-refractivity contribution < 1.29 is 14.4 Å². The van der Waals surface area contributed by atoms with Crippen LogP contribution in [0, 0.1) is 18.3 Å². The third-order valence-corrected chi connectivity index (χ3v) is 13.3. The Kier molecular flexibility index (Phi) is 24.7. The molecule has 3 aliphatic heterocycles. The Morgan fingerprint density at radius 3 is 2.09 bits per heavy atom. The molecule has 4 N–H and O–H groups in total. The van der Waals surface area contributed by atoms with Gasteiger partial charge in [0.05, 0.1) is 11.7 Å². The third kappa shape index (κ3) is 19.0. The standard InChI is InChI=1S/C31H38N4O.C21H35N3.C5H7NO2.C2H6/c1-22(21-35-16-12-27(13-17-35)26-8-6-25(7-9-26)24(3)36)18-23(2)30(14-15-34(4)5)28-10-11-31-29(19-28)20-32-33-31;1-4-6-18(7-5-2)16-24-12-10-20(11-13-24)23-21-9-8-17(3)14-19(21)15-22;7-4-2-1-3-5(8)6-4;1-2/h6-11,14,18-20,27H,2,12-13,15-17,21H2,1,3-5H3,(H,32,33);8-9,14-15,18,20,22-23H,4-7,10-13,16H2,1-3H3;1-3H2,(H,6,7,8);1-2H3/b22-18+,30-14+;;;. The molecular formula is C59H86N8O3. The van der Waals surface area contributed by atoms with Gasteiger partial charge in [0.2, 0.25) is 11.8 Å². The van der Waals surface area contributed by atoms with Crippen molar-refractivity contribution in [3.05, 3.63) is 125 Å². The monoisotopic (exact) mass is 955 g/mol. The first kappa shape index (κ1) is 57.1. The number of piperidine rings is 3. The van der Waals surface area contributed by atoms with Crippen molar-refractivity contribution in [1.29, 1.82) is 5.41 Å². The Bertz CT molecular complexity index is 2310. The minimum Gasteiger partial charge on any atom is -0.382 e. The number of nitrogens with zero attached hydrogens (tertiary/aromatic N) is 4. The van der Waals surface area contributed by atoms with E-state index in [0.29, 0.717) is 31.2 Å². The molecule has 3 aromatic carbocycles. The quantitative estimate of drug-likeness (QED) is 0.0335. The maximum Gasteiger partial charge on any atom is 0.226 e. The Hall–Kier alpha value is -5.49. The summed E-state index contributed by atoms with van der Waals surface area (Å²) in [6, 6.07) is 21.5. The number of nitrogens with one attached hydrogen (secondary N) is 4. The van der Waals surface area contributed by atoms with Crippen LogP contribution < -0.4 is 10.6 Å². The number of H-pyrrole nitrogens is 1. The number of aromatic amines is 1. The van der Waals surface area contributed by atoms with E-state index >= 15 is 0 Å². The zero-order chi connectivity index (χ0) is 51.0. The molecule has 3 fully saturated rings. The van der Waals surface area contributed by atoms with Crippen LogP contribution in [0.3, 0.4) is 0 Å². The number of aromatic nitrogens is 2. The van der Waals surface area contributed by atoms with Crippen molar-refractivity contribution in [1.82, 2.24) is 30.2 Å². The summed E-state index contributed by atoms with van der Waals surface area (Å²) in [6.45, 7) is 26.6. The number of hydrogen-bond donors (Lipinski definition) is 4. The summed E-state index contributed by atoms with van der Waals surface area (Å²) >= 11 is 0. The van der Waals surface area contributed by atoms with E-state index in [0.717, 1.165) is 83.8 Å². The number of benzene rings is 3. The smallest absolute Gasteiger partial charge is 0.226 e. The molecule has 4 heterocycles. The predicted molar refractivity (Wildman–Crippen MR) is 294 cm³/mol. The number of carbonyl (C=O) groups is 3. The molecule has 0 bridgehead atoms. The van der Waals surface area contributed by atoms with Crippen molar-refractivity contribution in [2.75, 3.05) is 65.2 Å². The number of likely N-dealkylation sites (tertiary alicyclic amines) is 2. The number of carbonyl (C=O) groups excluding carboxylic acids is 3. The number of ketones is 1. The molecular weight excluding hydrogens is 869 g/mol. The second kappa shape index (κ2) is 30.3. The van der Waals surface area contributed by atoms with Crippen LogP contribution in [0.4, 0.5) is 5.69 Å². The molecule has 70 heavy (non-hydrogen) atoms. The van der Waals surface area contributed by atoms with E-state index in [2.05, 4.69) is 145 Å². The van der Waals surface area contributed by atoms with Gasteiger partial charge in [0.1, 0.15) is 0 Å². The maximum absolute atomic E-state index is 11.6. The summed E-state index contributed by atoms with van der Waals surface area (Å²) in [5.74, 6) is 1.30. The Labute approximate surface area is 421 Å². The number of imide groups is 1. The van der Waals surface area contributed by atoms with E-state index in [4.69, 9.17) is 5.41 Å². The summed E-state index contributed by atoms with van der Waals surface area (Å²) < 4.78 is 0. The summed E-state index contributed by atoms with van der Waals surface area (Å²) in [5, 5.41) is 21.8. The number of likely N-dealkylation sites (N-methyl/N-ethyl adjacent to an activating group) is 1. The summed E-state index contributed by atoms with van der Waals surface area (Å²) in [7, 11) is 4.16. The van der Waals surface area contributed by atoms with Gasteiger partial charge in [-0.2, -0.15) is 5.10 Å². The van der Waals surface area contributed by atoms with Crippen LogP contribution in [0.25, 0.3) is 16.5 Å². The Morgan fingerprint density at radius 2 is 1.51 bits per heavy atom. The minimum absolute atomic E-state index is 0.127. The second-order valence-electron chi connectivity index (χ2n) is 19.5. The van der Waals surface area contributed by atoms with Crippen LogP contribution in [0.5, 0.6) is 0 Å². The number of allylic oxidation sites excluding steroid dienone is 3. The minimum atomic E-state index is -0.138. The second-order valence-corrected chi connectivity index (χ2v) is 19.5. The van der Waals surface area contributed by atoms with E-state index < -0.39 is 0 Å². The lowest BCUT2D eigenvalue weighted by atomic mass is 9.88. The van der Waals surface area contributed by atoms with Gasteiger partial charge in [0.15, 0.2) is 5.78 Å². The molecule has 2 amide bonds. The molecule has 380 valence electrons. The lowest BCUT2D eigenvalue weighted by Gasteiger charge is -2.35. The number of rotatable bonds is 18. The zero-order valence-electron chi connectivity index (χ0n) is 44.3. The number of Topliss-reactive ketones (excluding diaryl/α,β-unsaturated/α-hetero) is 1. The molecule has 3 saturated heterocycles. The normalized spacial score (nSPS) is 16.4. The highest BCUT2D eigenvalue weighted by molar-refractivity contribution is 5.97. The van der Waals surface area contributed by atoms with Crippen molar-refractivity contribution in [2.24, 2.45) is 5.92 Å². The number of hydrogen-bond acceptors (Lipinski definition) is 9. The van der Waals surface area contributed by atoms with Crippen molar-refractivity contribution in [3.63, 3.8) is 0 Å². The van der Waals surface area contributed by atoms with Crippen LogP contribution >= 0.6 is 0 Å². The fraction of sp³-hybridized carbons (Fsp3) is 0.508. The van der Waals surface area contributed by atoms with E-state index in [9.17, 15) is 14.4 Å². The molecule has 0 saturated carbocycles. The van der Waals surface area contributed by atoms with E-state index in [1.807, 2.05) is 32.2 Å². The van der Waals surface area contributed by atoms with Crippen LogP contribution in [-0.4, -0.2) is 115 Å². The Morgan fingerprint density at radius 1 is 0.886 bits per heavy atom. The fourth-order valence-electron chi connectivity index (χ4n) is 9.62. The maximum atomic E-state index is 11.6. The topological polar surface area (TPSA) is 138 Å². The van der Waals surface area contributed by atoms with Gasteiger partial charge in [-0.05, 0) is 151 Å². The van der Waals surface area contributed by atoms with Gasteiger partial charge in [-0.15, -0.1) is 0 Å². The Balaban J connectivity index is 0.000000268. The fourth-order valence-corrected chi connectivity index (χ4v) is 9.62. The number of fused-ring (bicyclic) bond motifs is 1. The molecule has 0 unspecified atom stereocenters. The van der Waals surface area contributed by atoms with Crippen molar-refractivity contribution >= 4 is 46.0 Å². The largest absolute Gasteiger partial charge is 0.382 e. The van der Waals surface area contributed by atoms with Gasteiger partial charge in [0.25, 0.3) is 0 Å². The highest BCUT2D eigenvalue weighted by atomic mass is 16.2. The first-order chi connectivity index (χ1) is 33.7. The summed E-state index contributed by atoms with van der Waals surface area (Å²) in [6.07, 6.45) is 19.6. The lowest BCUT2D eigenvalue weighted by molar-refractivity contribution is -0.132. The SMILES string of the molecule is C=C(/C=C(\C)CN1CCC(c2ccc(C(C)=O)cc2)CC1)/C(=C\CN(C)C)c1ccc2[nH]ncc2c1.CC.CCCC(CCC)CN1CCC(Nc2ccc(C)cc2C=N)CC1.O=C1CCCC(=O)N1. The van der Waals surface area contributed by atoms with E-state index in [-0.39, 0.29) is 17.6 Å². The van der Waals surface area contributed by atoms with Crippen molar-refractivity contribution in [3.8, 4) is 0 Å². The molecule has 11 nitrogen and oxygen atoms in total. The molecule has 11 heteroatoms. The molecule has 1 aromatic heterocycles. The first-order valence-electron chi connectivity index (χ1n) is 26.2. The number of amides is 2. The number of anilines is 1. The van der Waals surface area contributed by atoms with E-state index in [1.165, 1.54) is 86.6 Å². The van der Waals surface area contributed by atoms with Gasteiger partial charge in [0, 0.05) is 80.0 Å². The van der Waals surface area contributed by atoms with E-state index in [1.54, 1.807) is 6.92 Å². The molecule has 0 spiro atoms. The van der Waals surface area contributed by atoms with Gasteiger partial charge >= 0.3 is 0 Å². The van der Waals surface area contributed by atoms with Crippen LogP contribution in [0.2, 0.25) is 0 Å². The zero-order valence-corrected chi connectivity index (χ0v) is 44.3. The first-order valence-corrected chi connectivity index (χ1v) is 26.2. The highest BCUT2D eigenvalue weighted by Gasteiger charge is 2.23. The highest BCUT2D eigenvalue weighted by Crippen LogP contribution is 2.30. The average Bonchev–Trinajstić information content (AvgIpc) is 3.82. The molecule has 7 rings (SSSR count). The average molecular weight is 955 g/mol. The molecule has 0 atom stereocenters. The lowest BCUT2D eigenvalue weighted by Crippen LogP contribution is -2.41. The van der Waals surface area contributed by atoms with Gasteiger partial charge in [-0.1, -0.05) is 107 Å². The van der Waals surface area contributed by atoms with Gasteiger partial charge in [-0.25, -0.2) is 0 Å². The molecule has 4 aromatic rings. The van der Waals surface area contributed by atoms with Crippen LogP contribution in [0.15, 0.2) is 96.7 Å². The van der Waals surface area contributed by atoms with Crippen molar-refractivity contribution in [2.45, 2.75) is 131 Å². The summed E-state index contributed by atoms with van der Waals surface area (Å²) in [4.78, 5) is 39.6. The summed E-state index contributed by atoms with van der Waals surface area (Å²) in [5.41, 5.74) is 11.2. The molecule has 3 aliphatic rings. The van der Waals surface area contributed by atoms with Gasteiger partial charge in [-0.3, -0.25) is 29.7 Å². The third-order valence-electron chi connectivity index (χ3n) is 13.3. The van der Waals surface area contributed by atoms with Crippen LogP contribution in [-0.2, 0) is 9.59 Å². The molecule has 0 radical (unpaired) electrons. The number of aryl methyl sites for hydroxylation is 1.